The zero-order chi connectivity index (χ0) is 11.9. The molecule has 3 nitrogen and oxygen atoms in total. The van der Waals surface area contributed by atoms with E-state index in [1.54, 1.807) is 19.1 Å². The molecule has 84 valence electrons. The first-order valence-electron chi connectivity index (χ1n) is 4.66. The van der Waals surface area contributed by atoms with Crippen LogP contribution in [0.1, 0.15) is 12.0 Å². The molecule has 1 heterocycles. The van der Waals surface area contributed by atoms with E-state index in [1.807, 2.05) is 12.1 Å². The lowest BCUT2D eigenvalue weighted by molar-refractivity contribution is -0.146. The van der Waals surface area contributed by atoms with E-state index >= 15 is 0 Å². The maximum absolute atomic E-state index is 13.6. The third-order valence-electron chi connectivity index (χ3n) is 2.51. The molecule has 0 aliphatic rings. The van der Waals surface area contributed by atoms with Gasteiger partial charge in [0.15, 0.2) is 0 Å². The number of halogens is 2. The van der Waals surface area contributed by atoms with E-state index in [0.717, 1.165) is 9.86 Å². The summed E-state index contributed by atoms with van der Waals surface area (Å²) in [4.78, 5) is 10.7. The quantitative estimate of drug-likeness (QED) is 0.920. The lowest BCUT2D eigenvalue weighted by Gasteiger charge is -2.09. The van der Waals surface area contributed by atoms with Crippen LogP contribution in [0.25, 0.3) is 10.9 Å². The Kier molecular flexibility index (Phi) is 2.71. The maximum atomic E-state index is 13.6. The fourth-order valence-electron chi connectivity index (χ4n) is 1.75. The van der Waals surface area contributed by atoms with Crippen LogP contribution in [0.3, 0.4) is 0 Å². The number of nitrogens with zero attached hydrogens (tertiary/aromatic N) is 1. The van der Waals surface area contributed by atoms with Crippen molar-refractivity contribution in [3.05, 3.63) is 34.4 Å². The highest BCUT2D eigenvalue weighted by molar-refractivity contribution is 9.10. The summed E-state index contributed by atoms with van der Waals surface area (Å²) in [6.07, 6.45) is -2.06. The van der Waals surface area contributed by atoms with Crippen LogP contribution in [0, 0.1) is 6.92 Å². The Bertz CT molecular complexity index is 564. The molecule has 0 amide bonds. The van der Waals surface area contributed by atoms with Gasteiger partial charge in [-0.2, -0.15) is 0 Å². The predicted molar refractivity (Wildman–Crippen MR) is 62.2 cm³/mol. The van der Waals surface area contributed by atoms with Gasteiger partial charge >= 0.3 is 5.97 Å². The number of carbonyl (C=O) groups is 1. The Labute approximate surface area is 99.6 Å². The van der Waals surface area contributed by atoms with Crippen molar-refractivity contribution in [2.75, 3.05) is 0 Å². The Hall–Kier alpha value is -1.36. The minimum atomic E-state index is -2.06. The monoisotopic (exact) mass is 285 g/mol. The summed E-state index contributed by atoms with van der Waals surface area (Å²) in [7, 11) is 0. The number of aromatic nitrogens is 1. The molecule has 0 fully saturated rings. The van der Waals surface area contributed by atoms with Crippen LogP contribution >= 0.6 is 15.9 Å². The highest BCUT2D eigenvalue weighted by Crippen LogP contribution is 2.33. The minimum Gasteiger partial charge on any atom is -0.478 e. The van der Waals surface area contributed by atoms with Crippen LogP contribution < -0.4 is 0 Å². The van der Waals surface area contributed by atoms with Crippen molar-refractivity contribution in [1.82, 2.24) is 4.57 Å². The average Bonchev–Trinajstić information content (AvgIpc) is 2.52. The summed E-state index contributed by atoms with van der Waals surface area (Å²) < 4.78 is 15.5. The van der Waals surface area contributed by atoms with Gasteiger partial charge in [0.25, 0.3) is 6.30 Å². The number of aliphatic carboxylic acids is 1. The van der Waals surface area contributed by atoms with Crippen molar-refractivity contribution < 1.29 is 14.3 Å². The van der Waals surface area contributed by atoms with E-state index < -0.39 is 12.3 Å². The normalized spacial score (nSPS) is 12.9. The number of fused-ring (bicyclic) bond motifs is 1. The zero-order valence-electron chi connectivity index (χ0n) is 8.45. The van der Waals surface area contributed by atoms with E-state index in [2.05, 4.69) is 15.9 Å². The number of hydrogen-bond acceptors (Lipinski definition) is 1. The molecule has 1 N–H and O–H groups in total. The fraction of sp³-hybridized carbons (Fsp3) is 0.182. The Morgan fingerprint density at radius 3 is 2.75 bits per heavy atom. The summed E-state index contributed by atoms with van der Waals surface area (Å²) >= 11 is 3.34. The van der Waals surface area contributed by atoms with E-state index in [1.165, 1.54) is 4.57 Å². The molecule has 5 heteroatoms. The summed E-state index contributed by atoms with van der Waals surface area (Å²) in [5.41, 5.74) is 1.14. The van der Waals surface area contributed by atoms with Crippen LogP contribution in [0.2, 0.25) is 0 Å². The fourth-order valence-corrected chi connectivity index (χ4v) is 2.28. The van der Waals surface area contributed by atoms with Crippen molar-refractivity contribution in [1.29, 1.82) is 0 Å². The van der Waals surface area contributed by atoms with Gasteiger partial charge < -0.3 is 9.67 Å². The molecule has 2 aromatic rings. The number of hydrogen-bond donors (Lipinski definition) is 1. The van der Waals surface area contributed by atoms with Crippen LogP contribution in [0.5, 0.6) is 0 Å². The molecule has 0 spiro atoms. The molecule has 16 heavy (non-hydrogen) atoms. The summed E-state index contributed by atoms with van der Waals surface area (Å²) in [5.74, 6) is -1.49. The average molecular weight is 286 g/mol. The molecule has 0 aliphatic carbocycles. The molecular formula is C11H9BrFNO2. The van der Waals surface area contributed by atoms with Gasteiger partial charge in [-0.3, -0.25) is 0 Å². The molecule has 0 aliphatic heterocycles. The van der Waals surface area contributed by atoms with Crippen molar-refractivity contribution in [2.24, 2.45) is 0 Å². The first-order valence-corrected chi connectivity index (χ1v) is 5.45. The molecule has 1 atom stereocenters. The Morgan fingerprint density at radius 2 is 2.12 bits per heavy atom. The summed E-state index contributed by atoms with van der Waals surface area (Å²) in [6, 6.07) is 7.09. The first kappa shape index (κ1) is 11.1. The van der Waals surface area contributed by atoms with Gasteiger partial charge in [-0.25, -0.2) is 9.18 Å². The molecule has 0 bridgehead atoms. The number of benzene rings is 1. The zero-order valence-corrected chi connectivity index (χ0v) is 10.0. The van der Waals surface area contributed by atoms with Crippen LogP contribution in [0.4, 0.5) is 4.39 Å². The standard InChI is InChI=1S/C11H9BrFNO2/c1-6-9(12)7-4-2-3-5-8(7)14(6)10(13)11(15)16/h2-5,10H,1H3,(H,15,16). The Morgan fingerprint density at radius 1 is 1.50 bits per heavy atom. The second-order valence-electron chi connectivity index (χ2n) is 3.46. The van der Waals surface area contributed by atoms with Gasteiger partial charge in [-0.05, 0) is 28.9 Å². The molecule has 0 radical (unpaired) electrons. The van der Waals surface area contributed by atoms with E-state index in [4.69, 9.17) is 5.11 Å². The maximum Gasteiger partial charge on any atom is 0.359 e. The van der Waals surface area contributed by atoms with Gasteiger partial charge in [0, 0.05) is 15.6 Å². The number of alkyl halides is 1. The van der Waals surface area contributed by atoms with Crippen LogP contribution in [0.15, 0.2) is 28.7 Å². The predicted octanol–water partition coefficient (Wildman–Crippen LogP) is 3.26. The van der Waals surface area contributed by atoms with Crippen LogP contribution in [-0.4, -0.2) is 15.6 Å². The highest BCUT2D eigenvalue weighted by atomic mass is 79.9. The molecule has 2 rings (SSSR count). The minimum absolute atomic E-state index is 0.566. The van der Waals surface area contributed by atoms with Gasteiger partial charge in [0.2, 0.25) is 0 Å². The van der Waals surface area contributed by atoms with Crippen molar-refractivity contribution in [3.8, 4) is 0 Å². The van der Waals surface area contributed by atoms with Gasteiger partial charge in [-0.1, -0.05) is 18.2 Å². The molecule has 1 unspecified atom stereocenters. The number of rotatable bonds is 2. The SMILES string of the molecule is Cc1c(Br)c2ccccc2n1C(F)C(=O)O. The molecule has 1 aromatic carbocycles. The smallest absolute Gasteiger partial charge is 0.359 e. The molecular weight excluding hydrogens is 277 g/mol. The molecule has 0 saturated heterocycles. The third-order valence-corrected chi connectivity index (χ3v) is 3.51. The van der Waals surface area contributed by atoms with Gasteiger partial charge in [-0.15, -0.1) is 0 Å². The summed E-state index contributed by atoms with van der Waals surface area (Å²) in [5, 5.41) is 9.53. The van der Waals surface area contributed by atoms with Crippen molar-refractivity contribution in [2.45, 2.75) is 13.2 Å². The van der Waals surface area contributed by atoms with Gasteiger partial charge in [0.05, 0.1) is 5.52 Å². The lowest BCUT2D eigenvalue weighted by atomic mass is 10.2. The van der Waals surface area contributed by atoms with Crippen molar-refractivity contribution >= 4 is 32.8 Å². The molecule has 1 aromatic heterocycles. The van der Waals surface area contributed by atoms with Gasteiger partial charge in [0.1, 0.15) is 0 Å². The number of carboxylic acid groups (broad SMARTS) is 1. The number of carboxylic acids is 1. The first-order chi connectivity index (χ1) is 7.54. The topological polar surface area (TPSA) is 42.2 Å². The second-order valence-corrected chi connectivity index (χ2v) is 4.25. The number of para-hydroxylation sites is 1. The van der Waals surface area contributed by atoms with E-state index in [-0.39, 0.29) is 0 Å². The Balaban J connectivity index is 2.78. The van der Waals surface area contributed by atoms with Crippen LogP contribution in [-0.2, 0) is 4.79 Å². The second kappa shape index (κ2) is 3.90. The largest absolute Gasteiger partial charge is 0.478 e. The van der Waals surface area contributed by atoms with Crippen molar-refractivity contribution in [3.63, 3.8) is 0 Å². The summed E-state index contributed by atoms with van der Waals surface area (Å²) in [6.45, 7) is 1.68. The lowest BCUT2D eigenvalue weighted by Crippen LogP contribution is -2.15. The molecule has 0 saturated carbocycles. The van der Waals surface area contributed by atoms with E-state index in [9.17, 15) is 9.18 Å². The highest BCUT2D eigenvalue weighted by Gasteiger charge is 2.23. The van der Waals surface area contributed by atoms with E-state index in [0.29, 0.717) is 11.2 Å². The third kappa shape index (κ3) is 1.51.